The number of ether oxygens (including phenoxy) is 1. The Morgan fingerprint density at radius 2 is 2.00 bits per heavy atom. The second-order valence-electron chi connectivity index (χ2n) is 6.53. The largest absolute Gasteiger partial charge is 0.496 e. The lowest BCUT2D eigenvalue weighted by molar-refractivity contribution is 0.0947. The molecular formula is C22H18BrN3O3. The molecule has 0 saturated carbocycles. The number of aryl methyl sites for hydroxylation is 1. The first-order valence-corrected chi connectivity index (χ1v) is 9.77. The third kappa shape index (κ3) is 4.00. The van der Waals surface area contributed by atoms with Gasteiger partial charge in [0.1, 0.15) is 5.75 Å². The summed E-state index contributed by atoms with van der Waals surface area (Å²) in [6.07, 6.45) is 1.68. The van der Waals surface area contributed by atoms with Gasteiger partial charge in [0, 0.05) is 22.8 Å². The van der Waals surface area contributed by atoms with Gasteiger partial charge in [-0.3, -0.25) is 4.79 Å². The van der Waals surface area contributed by atoms with Crippen LogP contribution in [0.1, 0.15) is 21.5 Å². The zero-order valence-electron chi connectivity index (χ0n) is 15.9. The molecule has 2 aromatic carbocycles. The maximum absolute atomic E-state index is 12.6. The average molecular weight is 452 g/mol. The van der Waals surface area contributed by atoms with E-state index in [9.17, 15) is 4.79 Å². The molecule has 2 heterocycles. The van der Waals surface area contributed by atoms with Gasteiger partial charge in [0.15, 0.2) is 11.2 Å². The van der Waals surface area contributed by atoms with E-state index in [4.69, 9.17) is 9.15 Å². The Hall–Kier alpha value is -3.19. The van der Waals surface area contributed by atoms with Crippen molar-refractivity contribution in [2.24, 2.45) is 0 Å². The summed E-state index contributed by atoms with van der Waals surface area (Å²) in [6, 6.07) is 15.0. The number of benzene rings is 2. The number of fused-ring (bicyclic) bond motifs is 1. The van der Waals surface area contributed by atoms with E-state index in [1.807, 2.05) is 49.4 Å². The van der Waals surface area contributed by atoms with Crippen LogP contribution >= 0.6 is 15.9 Å². The Balaban J connectivity index is 1.47. The summed E-state index contributed by atoms with van der Waals surface area (Å²) in [5.41, 5.74) is 4.43. The van der Waals surface area contributed by atoms with Gasteiger partial charge in [-0.15, -0.1) is 0 Å². The van der Waals surface area contributed by atoms with Crippen LogP contribution in [0.2, 0.25) is 0 Å². The highest BCUT2D eigenvalue weighted by atomic mass is 79.9. The van der Waals surface area contributed by atoms with Gasteiger partial charge in [0.2, 0.25) is 5.89 Å². The third-order valence-electron chi connectivity index (χ3n) is 4.51. The summed E-state index contributed by atoms with van der Waals surface area (Å²) in [5, 5.41) is 2.94. The first-order valence-electron chi connectivity index (χ1n) is 8.98. The molecule has 1 amide bonds. The molecule has 0 bridgehead atoms. The molecule has 7 heteroatoms. The number of carbonyl (C=O) groups is 1. The van der Waals surface area contributed by atoms with Crippen LogP contribution in [0.4, 0.5) is 0 Å². The maximum Gasteiger partial charge on any atom is 0.255 e. The van der Waals surface area contributed by atoms with Crippen molar-refractivity contribution in [3.8, 4) is 17.2 Å². The number of nitrogens with one attached hydrogen (secondary N) is 1. The van der Waals surface area contributed by atoms with E-state index in [1.54, 1.807) is 19.4 Å². The smallest absolute Gasteiger partial charge is 0.255 e. The molecule has 0 fully saturated rings. The molecule has 2 aromatic heterocycles. The molecule has 4 rings (SSSR count). The summed E-state index contributed by atoms with van der Waals surface area (Å²) >= 11 is 3.43. The molecule has 0 atom stereocenters. The minimum absolute atomic E-state index is 0.194. The molecule has 1 N–H and O–H groups in total. The summed E-state index contributed by atoms with van der Waals surface area (Å²) in [7, 11) is 1.56. The predicted molar refractivity (Wildman–Crippen MR) is 114 cm³/mol. The van der Waals surface area contributed by atoms with Crippen LogP contribution in [-0.2, 0) is 6.54 Å². The van der Waals surface area contributed by atoms with E-state index in [-0.39, 0.29) is 5.91 Å². The SMILES string of the molecule is COc1c(C)cc(Br)cc1C(=O)NCc1ccc(-c2nc3ncccc3o2)cc1. The number of aromatic nitrogens is 2. The summed E-state index contributed by atoms with van der Waals surface area (Å²) in [5.74, 6) is 0.898. The Bertz CT molecular complexity index is 1150. The van der Waals surface area contributed by atoms with Gasteiger partial charge in [-0.2, -0.15) is 4.98 Å². The fourth-order valence-electron chi connectivity index (χ4n) is 3.10. The van der Waals surface area contributed by atoms with Crippen molar-refractivity contribution in [1.29, 1.82) is 0 Å². The molecule has 6 nitrogen and oxygen atoms in total. The van der Waals surface area contributed by atoms with Gasteiger partial charge in [-0.1, -0.05) is 28.1 Å². The number of nitrogens with zero attached hydrogens (tertiary/aromatic N) is 2. The fourth-order valence-corrected chi connectivity index (χ4v) is 3.68. The summed E-state index contributed by atoms with van der Waals surface area (Å²) in [6.45, 7) is 2.30. The number of hydrogen-bond acceptors (Lipinski definition) is 5. The third-order valence-corrected chi connectivity index (χ3v) is 4.96. The Morgan fingerprint density at radius 1 is 1.21 bits per heavy atom. The Morgan fingerprint density at radius 3 is 2.72 bits per heavy atom. The molecule has 29 heavy (non-hydrogen) atoms. The number of hydrogen-bond donors (Lipinski definition) is 1. The minimum atomic E-state index is -0.194. The molecule has 0 aliphatic rings. The highest BCUT2D eigenvalue weighted by Gasteiger charge is 2.15. The number of amides is 1. The highest BCUT2D eigenvalue weighted by molar-refractivity contribution is 9.10. The van der Waals surface area contributed by atoms with Gasteiger partial charge in [-0.25, -0.2) is 4.98 Å². The van der Waals surface area contributed by atoms with Crippen molar-refractivity contribution in [3.63, 3.8) is 0 Å². The van der Waals surface area contributed by atoms with Crippen LogP contribution in [-0.4, -0.2) is 23.0 Å². The van der Waals surface area contributed by atoms with Crippen LogP contribution in [0.15, 0.2) is 63.6 Å². The molecule has 0 radical (unpaired) electrons. The number of oxazole rings is 1. The van der Waals surface area contributed by atoms with Crippen molar-refractivity contribution in [2.75, 3.05) is 7.11 Å². The van der Waals surface area contributed by atoms with Crippen molar-refractivity contribution in [2.45, 2.75) is 13.5 Å². The van der Waals surface area contributed by atoms with Gasteiger partial charge >= 0.3 is 0 Å². The zero-order valence-corrected chi connectivity index (χ0v) is 17.5. The molecule has 0 aliphatic heterocycles. The number of carbonyl (C=O) groups excluding carboxylic acids is 1. The fraction of sp³-hybridized carbons (Fsp3) is 0.136. The van der Waals surface area contributed by atoms with Gasteiger partial charge in [0.25, 0.3) is 5.91 Å². The van der Waals surface area contributed by atoms with E-state index in [1.165, 1.54) is 0 Å². The van der Waals surface area contributed by atoms with Gasteiger partial charge in [-0.05, 0) is 54.4 Å². The monoisotopic (exact) mass is 451 g/mol. The lowest BCUT2D eigenvalue weighted by atomic mass is 10.1. The second-order valence-corrected chi connectivity index (χ2v) is 7.44. The normalized spacial score (nSPS) is 10.9. The van der Waals surface area contributed by atoms with Crippen LogP contribution in [0.5, 0.6) is 5.75 Å². The van der Waals surface area contributed by atoms with Crippen molar-refractivity contribution >= 4 is 33.1 Å². The second kappa shape index (κ2) is 8.05. The van der Waals surface area contributed by atoms with Crippen molar-refractivity contribution < 1.29 is 13.9 Å². The number of pyridine rings is 1. The summed E-state index contributed by atoms with van der Waals surface area (Å²) in [4.78, 5) is 21.2. The van der Waals surface area contributed by atoms with E-state index in [0.717, 1.165) is 21.2 Å². The summed E-state index contributed by atoms with van der Waals surface area (Å²) < 4.78 is 12.0. The highest BCUT2D eigenvalue weighted by Crippen LogP contribution is 2.28. The topological polar surface area (TPSA) is 77.2 Å². The van der Waals surface area contributed by atoms with E-state index < -0.39 is 0 Å². The average Bonchev–Trinajstić information content (AvgIpc) is 3.16. The molecular weight excluding hydrogens is 434 g/mol. The zero-order chi connectivity index (χ0) is 20.4. The lowest BCUT2D eigenvalue weighted by Gasteiger charge is -2.12. The van der Waals surface area contributed by atoms with E-state index in [2.05, 4.69) is 31.2 Å². The number of halogens is 1. The molecule has 0 aliphatic carbocycles. The minimum Gasteiger partial charge on any atom is -0.496 e. The van der Waals surface area contributed by atoms with Gasteiger partial charge < -0.3 is 14.5 Å². The Labute approximate surface area is 176 Å². The first-order chi connectivity index (χ1) is 14.0. The first kappa shape index (κ1) is 19.1. The van der Waals surface area contributed by atoms with Crippen molar-refractivity contribution in [3.05, 3.63) is 75.9 Å². The molecule has 146 valence electrons. The van der Waals surface area contributed by atoms with Crippen LogP contribution in [0.25, 0.3) is 22.7 Å². The van der Waals surface area contributed by atoms with Crippen molar-refractivity contribution in [1.82, 2.24) is 15.3 Å². The molecule has 0 unspecified atom stereocenters. The molecule has 0 saturated heterocycles. The molecule has 4 aromatic rings. The number of rotatable bonds is 5. The quantitative estimate of drug-likeness (QED) is 0.466. The van der Waals surface area contributed by atoms with Crippen LogP contribution in [0, 0.1) is 6.92 Å². The lowest BCUT2D eigenvalue weighted by Crippen LogP contribution is -2.23. The Kier molecular flexibility index (Phi) is 5.31. The van der Waals surface area contributed by atoms with Crippen LogP contribution in [0.3, 0.4) is 0 Å². The maximum atomic E-state index is 12.6. The molecule has 0 spiro atoms. The predicted octanol–water partition coefficient (Wildman–Crippen LogP) is 4.90. The standard InChI is InChI=1S/C22H18BrN3O3/c1-13-10-16(23)11-17(19(13)28-2)21(27)25-12-14-5-7-15(8-6-14)22-26-20-18(29-22)4-3-9-24-20/h3-11H,12H2,1-2H3,(H,25,27). The van der Waals surface area contributed by atoms with E-state index in [0.29, 0.717) is 35.0 Å². The van der Waals surface area contributed by atoms with Gasteiger partial charge in [0.05, 0.1) is 12.7 Å². The van der Waals surface area contributed by atoms with E-state index >= 15 is 0 Å². The number of methoxy groups -OCH3 is 1. The van der Waals surface area contributed by atoms with Crippen LogP contribution < -0.4 is 10.1 Å².